The number of hydrogen-bond acceptors (Lipinski definition) is 5. The molecular formula is C14H15N3O2. The number of benzene rings is 1. The summed E-state index contributed by atoms with van der Waals surface area (Å²) in [4.78, 5) is 4.07. The molecule has 98 valence electrons. The van der Waals surface area contributed by atoms with E-state index in [9.17, 15) is 5.11 Å². The third kappa shape index (κ3) is 3.45. The molecule has 0 unspecified atom stereocenters. The van der Waals surface area contributed by atoms with Gasteiger partial charge in [-0.1, -0.05) is 12.1 Å². The van der Waals surface area contributed by atoms with Crippen molar-refractivity contribution in [1.29, 1.82) is 0 Å². The maximum atomic E-state index is 9.96. The van der Waals surface area contributed by atoms with Gasteiger partial charge in [0, 0.05) is 11.8 Å². The van der Waals surface area contributed by atoms with E-state index in [0.29, 0.717) is 23.7 Å². The summed E-state index contributed by atoms with van der Waals surface area (Å²) in [6.45, 7) is 2.36. The number of nitrogens with zero attached hydrogens (tertiary/aromatic N) is 2. The van der Waals surface area contributed by atoms with Gasteiger partial charge >= 0.3 is 0 Å². The smallest absolute Gasteiger partial charge is 0.166 e. The Morgan fingerprint density at radius 3 is 2.95 bits per heavy atom. The largest absolute Gasteiger partial charge is 0.504 e. The van der Waals surface area contributed by atoms with Crippen molar-refractivity contribution in [3.63, 3.8) is 0 Å². The van der Waals surface area contributed by atoms with Gasteiger partial charge in [0.05, 0.1) is 12.8 Å². The summed E-state index contributed by atoms with van der Waals surface area (Å²) in [6.07, 6.45) is 3.19. The summed E-state index contributed by atoms with van der Waals surface area (Å²) in [7, 11) is 0. The predicted molar refractivity (Wildman–Crippen MR) is 74.7 cm³/mol. The van der Waals surface area contributed by atoms with Crippen LogP contribution in [0.1, 0.15) is 12.5 Å². The monoisotopic (exact) mass is 257 g/mol. The Bertz CT molecular complexity index is 556. The Morgan fingerprint density at radius 2 is 2.21 bits per heavy atom. The number of anilines is 1. The number of phenolic OH excluding ortho intramolecular Hbond substituents is 1. The summed E-state index contributed by atoms with van der Waals surface area (Å²) >= 11 is 0. The third-order valence-corrected chi connectivity index (χ3v) is 2.38. The van der Waals surface area contributed by atoms with Gasteiger partial charge in [-0.3, -0.25) is 5.43 Å². The van der Waals surface area contributed by atoms with Gasteiger partial charge in [-0.05, 0) is 31.2 Å². The highest BCUT2D eigenvalue weighted by Crippen LogP contribution is 2.28. The van der Waals surface area contributed by atoms with Crippen molar-refractivity contribution in [3.05, 3.63) is 48.2 Å². The second-order valence-corrected chi connectivity index (χ2v) is 3.71. The van der Waals surface area contributed by atoms with E-state index in [2.05, 4.69) is 15.5 Å². The molecule has 1 aromatic heterocycles. The Labute approximate surface area is 111 Å². The number of hydrogen-bond donors (Lipinski definition) is 2. The summed E-state index contributed by atoms with van der Waals surface area (Å²) in [5, 5.41) is 14.0. The van der Waals surface area contributed by atoms with Gasteiger partial charge in [0.25, 0.3) is 0 Å². The van der Waals surface area contributed by atoms with E-state index in [4.69, 9.17) is 4.74 Å². The zero-order chi connectivity index (χ0) is 13.5. The van der Waals surface area contributed by atoms with Crippen molar-refractivity contribution >= 4 is 12.0 Å². The van der Waals surface area contributed by atoms with Gasteiger partial charge in [-0.25, -0.2) is 4.98 Å². The first-order chi connectivity index (χ1) is 9.31. The van der Waals surface area contributed by atoms with Crippen LogP contribution >= 0.6 is 0 Å². The molecule has 0 radical (unpaired) electrons. The number of aromatic nitrogens is 1. The van der Waals surface area contributed by atoms with Gasteiger partial charge in [0.15, 0.2) is 11.5 Å². The first kappa shape index (κ1) is 12.9. The summed E-state index contributed by atoms with van der Waals surface area (Å²) in [5.41, 5.74) is 3.36. The predicted octanol–water partition coefficient (Wildman–Crippen LogP) is 2.63. The Hall–Kier alpha value is -2.56. The van der Waals surface area contributed by atoms with Gasteiger partial charge < -0.3 is 9.84 Å². The molecule has 5 nitrogen and oxygen atoms in total. The molecule has 0 saturated heterocycles. The standard InChI is InChI=1S/C14H15N3O2/c1-2-19-12-7-5-6-11(14(12)18)10-16-17-13-8-3-4-9-15-13/h3-10,18H,2H2,1H3,(H,15,17). The van der Waals surface area contributed by atoms with E-state index in [1.807, 2.05) is 19.1 Å². The highest BCUT2D eigenvalue weighted by molar-refractivity contribution is 5.85. The summed E-state index contributed by atoms with van der Waals surface area (Å²) < 4.78 is 5.30. The molecule has 0 spiro atoms. The van der Waals surface area contributed by atoms with Crippen molar-refractivity contribution in [3.8, 4) is 11.5 Å². The van der Waals surface area contributed by atoms with Crippen molar-refractivity contribution in [2.45, 2.75) is 6.92 Å². The van der Waals surface area contributed by atoms with Crippen LogP contribution in [0.15, 0.2) is 47.7 Å². The van der Waals surface area contributed by atoms with E-state index in [1.54, 1.807) is 30.5 Å². The molecule has 2 aromatic rings. The summed E-state index contributed by atoms with van der Waals surface area (Å²) in [6, 6.07) is 10.7. The van der Waals surface area contributed by atoms with Gasteiger partial charge in [-0.2, -0.15) is 5.10 Å². The van der Waals surface area contributed by atoms with Gasteiger partial charge in [0.2, 0.25) is 0 Å². The number of rotatable bonds is 5. The lowest BCUT2D eigenvalue weighted by molar-refractivity contribution is 0.318. The third-order valence-electron chi connectivity index (χ3n) is 2.38. The molecule has 0 saturated carbocycles. The fourth-order valence-corrected chi connectivity index (χ4v) is 1.51. The van der Waals surface area contributed by atoms with Crippen molar-refractivity contribution < 1.29 is 9.84 Å². The Morgan fingerprint density at radius 1 is 1.32 bits per heavy atom. The van der Waals surface area contributed by atoms with Crippen LogP contribution < -0.4 is 10.2 Å². The van der Waals surface area contributed by atoms with E-state index < -0.39 is 0 Å². The molecule has 0 atom stereocenters. The zero-order valence-corrected chi connectivity index (χ0v) is 10.6. The molecule has 1 heterocycles. The Kier molecular flexibility index (Phi) is 4.34. The molecule has 0 aliphatic heterocycles. The van der Waals surface area contributed by atoms with E-state index in [0.717, 1.165) is 0 Å². The van der Waals surface area contributed by atoms with Crippen molar-refractivity contribution in [2.75, 3.05) is 12.0 Å². The highest BCUT2D eigenvalue weighted by Gasteiger charge is 2.05. The molecule has 1 aromatic carbocycles. The fraction of sp³-hybridized carbons (Fsp3) is 0.143. The first-order valence-electron chi connectivity index (χ1n) is 5.96. The van der Waals surface area contributed by atoms with Crippen LogP contribution in [0.25, 0.3) is 0 Å². The lowest BCUT2D eigenvalue weighted by Crippen LogP contribution is -1.95. The normalized spacial score (nSPS) is 10.6. The van der Waals surface area contributed by atoms with E-state index >= 15 is 0 Å². The quantitative estimate of drug-likeness (QED) is 0.638. The van der Waals surface area contributed by atoms with Crippen molar-refractivity contribution in [2.24, 2.45) is 5.10 Å². The molecule has 0 fully saturated rings. The molecule has 2 rings (SSSR count). The van der Waals surface area contributed by atoms with E-state index in [-0.39, 0.29) is 5.75 Å². The van der Waals surface area contributed by atoms with Crippen molar-refractivity contribution in [1.82, 2.24) is 4.98 Å². The number of hydrazone groups is 1. The maximum absolute atomic E-state index is 9.96. The SMILES string of the molecule is CCOc1cccc(C=NNc2ccccn2)c1O. The topological polar surface area (TPSA) is 66.7 Å². The molecule has 0 amide bonds. The minimum atomic E-state index is 0.0796. The molecule has 0 bridgehead atoms. The zero-order valence-electron chi connectivity index (χ0n) is 10.6. The van der Waals surface area contributed by atoms with Crippen LogP contribution in [0, 0.1) is 0 Å². The average Bonchev–Trinajstić information content (AvgIpc) is 2.44. The van der Waals surface area contributed by atoms with Crippen LogP contribution in [0.3, 0.4) is 0 Å². The summed E-state index contributed by atoms with van der Waals surface area (Å²) in [5.74, 6) is 1.17. The highest BCUT2D eigenvalue weighted by atomic mass is 16.5. The lowest BCUT2D eigenvalue weighted by Gasteiger charge is -2.07. The second kappa shape index (κ2) is 6.39. The van der Waals surface area contributed by atoms with Crippen LogP contribution in [0.4, 0.5) is 5.82 Å². The number of aromatic hydroxyl groups is 1. The average molecular weight is 257 g/mol. The molecule has 19 heavy (non-hydrogen) atoms. The maximum Gasteiger partial charge on any atom is 0.166 e. The fourth-order valence-electron chi connectivity index (χ4n) is 1.51. The van der Waals surface area contributed by atoms with E-state index in [1.165, 1.54) is 6.21 Å². The number of phenols is 1. The molecule has 2 N–H and O–H groups in total. The van der Waals surface area contributed by atoms with Crippen LogP contribution in [0.2, 0.25) is 0 Å². The number of para-hydroxylation sites is 1. The lowest BCUT2D eigenvalue weighted by atomic mass is 10.2. The van der Waals surface area contributed by atoms with Crippen LogP contribution in [0.5, 0.6) is 11.5 Å². The minimum Gasteiger partial charge on any atom is -0.504 e. The Balaban J connectivity index is 2.08. The molecular weight excluding hydrogens is 242 g/mol. The van der Waals surface area contributed by atoms with Crippen LogP contribution in [-0.4, -0.2) is 22.9 Å². The molecule has 0 aliphatic rings. The number of ether oxygens (including phenoxy) is 1. The van der Waals surface area contributed by atoms with Crippen LogP contribution in [-0.2, 0) is 0 Å². The number of pyridine rings is 1. The first-order valence-corrected chi connectivity index (χ1v) is 5.96. The second-order valence-electron chi connectivity index (χ2n) is 3.71. The molecule has 0 aliphatic carbocycles. The minimum absolute atomic E-state index is 0.0796. The molecule has 5 heteroatoms. The van der Waals surface area contributed by atoms with Gasteiger partial charge in [-0.15, -0.1) is 0 Å². The van der Waals surface area contributed by atoms with Gasteiger partial charge in [0.1, 0.15) is 5.82 Å². The number of nitrogens with one attached hydrogen (secondary N) is 1.